The van der Waals surface area contributed by atoms with Crippen molar-refractivity contribution in [1.82, 2.24) is 10.2 Å². The van der Waals surface area contributed by atoms with Gasteiger partial charge in [-0.1, -0.05) is 30.3 Å². The summed E-state index contributed by atoms with van der Waals surface area (Å²) in [7, 11) is 0. The van der Waals surface area contributed by atoms with Gasteiger partial charge in [0.05, 0.1) is 5.92 Å². The summed E-state index contributed by atoms with van der Waals surface area (Å²) in [5, 5.41) is 3.37. The number of carbonyl (C=O) groups is 2. The van der Waals surface area contributed by atoms with Gasteiger partial charge in [-0.2, -0.15) is 0 Å². The van der Waals surface area contributed by atoms with E-state index in [1.165, 1.54) is 38.5 Å². The molecule has 4 aliphatic carbocycles. The van der Waals surface area contributed by atoms with Gasteiger partial charge in [-0.15, -0.1) is 0 Å². The molecule has 6 rings (SSSR count). The molecule has 150 valence electrons. The Morgan fingerprint density at radius 3 is 2.32 bits per heavy atom. The Labute approximate surface area is 168 Å². The van der Waals surface area contributed by atoms with Crippen LogP contribution in [-0.2, 0) is 16.1 Å². The third kappa shape index (κ3) is 3.25. The van der Waals surface area contributed by atoms with Crippen LogP contribution in [0.4, 0.5) is 0 Å². The second-order valence-corrected chi connectivity index (χ2v) is 10.2. The van der Waals surface area contributed by atoms with E-state index in [1.807, 2.05) is 35.2 Å². The number of nitrogens with zero attached hydrogens (tertiary/aromatic N) is 1. The number of carbonyl (C=O) groups excluding carboxylic acids is 2. The quantitative estimate of drug-likeness (QED) is 0.846. The van der Waals surface area contributed by atoms with E-state index in [9.17, 15) is 9.59 Å². The molecule has 1 aliphatic heterocycles. The average Bonchev–Trinajstić information content (AvgIpc) is 3.02. The monoisotopic (exact) mass is 380 g/mol. The van der Waals surface area contributed by atoms with Crippen molar-refractivity contribution < 1.29 is 9.59 Å². The van der Waals surface area contributed by atoms with E-state index in [1.54, 1.807) is 0 Å². The van der Waals surface area contributed by atoms with Crippen LogP contribution in [0.15, 0.2) is 30.3 Å². The zero-order chi connectivity index (χ0) is 19.3. The molecule has 28 heavy (non-hydrogen) atoms. The summed E-state index contributed by atoms with van der Waals surface area (Å²) in [6.07, 6.45) is 8.51. The lowest BCUT2D eigenvalue weighted by Crippen LogP contribution is -2.56. The van der Waals surface area contributed by atoms with Crippen molar-refractivity contribution in [2.24, 2.45) is 29.1 Å². The van der Waals surface area contributed by atoms with Crippen LogP contribution < -0.4 is 5.32 Å². The molecule has 0 radical (unpaired) electrons. The van der Waals surface area contributed by atoms with Crippen LogP contribution in [0.2, 0.25) is 0 Å². The van der Waals surface area contributed by atoms with Crippen LogP contribution in [0.5, 0.6) is 0 Å². The van der Waals surface area contributed by atoms with E-state index in [-0.39, 0.29) is 23.8 Å². The van der Waals surface area contributed by atoms with Crippen LogP contribution >= 0.6 is 0 Å². The molecule has 1 N–H and O–H groups in total. The number of hydrogen-bond acceptors (Lipinski definition) is 2. The fraction of sp³-hybridized carbons (Fsp3) is 0.667. The molecule has 4 nitrogen and oxygen atoms in total. The lowest BCUT2D eigenvalue weighted by Gasteiger charge is -2.59. The van der Waals surface area contributed by atoms with Gasteiger partial charge in [-0.25, -0.2) is 0 Å². The van der Waals surface area contributed by atoms with E-state index in [2.05, 4.69) is 12.2 Å². The predicted octanol–water partition coefficient (Wildman–Crippen LogP) is 3.76. The fourth-order valence-electron chi connectivity index (χ4n) is 7.10. The van der Waals surface area contributed by atoms with Gasteiger partial charge >= 0.3 is 0 Å². The van der Waals surface area contributed by atoms with Gasteiger partial charge in [0.1, 0.15) is 0 Å². The molecule has 4 heteroatoms. The number of amides is 2. The molecule has 4 bridgehead atoms. The Morgan fingerprint density at radius 1 is 1.11 bits per heavy atom. The molecule has 0 aromatic heterocycles. The minimum absolute atomic E-state index is 0.0900. The fourth-order valence-corrected chi connectivity index (χ4v) is 7.10. The Hall–Kier alpha value is -1.84. The molecule has 1 heterocycles. The van der Waals surface area contributed by atoms with Crippen molar-refractivity contribution in [3.63, 3.8) is 0 Å². The maximum absolute atomic E-state index is 13.0. The summed E-state index contributed by atoms with van der Waals surface area (Å²) in [5.74, 6) is 2.66. The van der Waals surface area contributed by atoms with Gasteiger partial charge in [0.15, 0.2) is 0 Å². The minimum atomic E-state index is -0.201. The molecule has 2 unspecified atom stereocenters. The van der Waals surface area contributed by atoms with Crippen LogP contribution in [0.3, 0.4) is 0 Å². The molecule has 1 saturated heterocycles. The maximum atomic E-state index is 13.0. The number of nitrogens with one attached hydrogen (secondary N) is 1. The lowest BCUT2D eigenvalue weighted by atomic mass is 9.48. The van der Waals surface area contributed by atoms with Crippen LogP contribution in [0.25, 0.3) is 0 Å². The Morgan fingerprint density at radius 2 is 1.71 bits per heavy atom. The maximum Gasteiger partial charge on any atom is 0.225 e. The molecular weight excluding hydrogens is 348 g/mol. The Bertz CT molecular complexity index is 724. The van der Waals surface area contributed by atoms with E-state index in [0.717, 1.165) is 23.3 Å². The highest BCUT2D eigenvalue weighted by atomic mass is 16.2. The second kappa shape index (κ2) is 6.89. The van der Waals surface area contributed by atoms with E-state index in [0.29, 0.717) is 24.9 Å². The lowest BCUT2D eigenvalue weighted by molar-refractivity contribution is -0.131. The normalized spacial score (nSPS) is 37.3. The van der Waals surface area contributed by atoms with Gasteiger partial charge in [-0.3, -0.25) is 9.59 Å². The molecule has 1 aromatic rings. The van der Waals surface area contributed by atoms with E-state index in [4.69, 9.17) is 0 Å². The first-order valence-electron chi connectivity index (χ1n) is 11.1. The van der Waals surface area contributed by atoms with E-state index >= 15 is 0 Å². The topological polar surface area (TPSA) is 49.4 Å². The first kappa shape index (κ1) is 18.2. The smallest absolute Gasteiger partial charge is 0.225 e. The van der Waals surface area contributed by atoms with Crippen molar-refractivity contribution >= 4 is 11.8 Å². The summed E-state index contributed by atoms with van der Waals surface area (Å²) in [5.41, 5.74) is 1.44. The second-order valence-electron chi connectivity index (χ2n) is 10.2. The Balaban J connectivity index is 1.21. The average molecular weight is 381 g/mol. The summed E-state index contributed by atoms with van der Waals surface area (Å²) < 4.78 is 0. The molecule has 1 aromatic carbocycles. The van der Waals surface area contributed by atoms with Gasteiger partial charge in [-0.05, 0) is 74.2 Å². The molecule has 5 aliphatic rings. The number of likely N-dealkylation sites (tertiary alicyclic amines) is 1. The third-order valence-electron chi connectivity index (χ3n) is 8.16. The highest BCUT2D eigenvalue weighted by molar-refractivity contribution is 5.89. The first-order chi connectivity index (χ1) is 13.5. The minimum Gasteiger partial charge on any atom is -0.353 e. The highest BCUT2D eigenvalue weighted by Gasteiger charge is 2.53. The Kier molecular flexibility index (Phi) is 4.48. The number of benzene rings is 1. The number of rotatable bonds is 5. The van der Waals surface area contributed by atoms with Crippen LogP contribution in [-0.4, -0.2) is 29.3 Å². The molecule has 0 spiro atoms. The summed E-state index contributed by atoms with van der Waals surface area (Å²) in [6.45, 7) is 3.38. The summed E-state index contributed by atoms with van der Waals surface area (Å²) in [6, 6.07) is 10.3. The molecular formula is C24H32N2O2. The zero-order valence-electron chi connectivity index (χ0n) is 16.9. The van der Waals surface area contributed by atoms with Crippen molar-refractivity contribution in [1.29, 1.82) is 0 Å². The van der Waals surface area contributed by atoms with Crippen molar-refractivity contribution in [2.45, 2.75) is 64.5 Å². The van der Waals surface area contributed by atoms with Crippen LogP contribution in [0.1, 0.15) is 57.4 Å². The predicted molar refractivity (Wildman–Crippen MR) is 108 cm³/mol. The molecule has 5 fully saturated rings. The van der Waals surface area contributed by atoms with E-state index < -0.39 is 0 Å². The van der Waals surface area contributed by atoms with Crippen molar-refractivity contribution in [3.05, 3.63) is 35.9 Å². The zero-order valence-corrected chi connectivity index (χ0v) is 16.9. The van der Waals surface area contributed by atoms with Gasteiger partial charge in [0.2, 0.25) is 11.8 Å². The molecule has 2 atom stereocenters. The van der Waals surface area contributed by atoms with Crippen molar-refractivity contribution in [3.8, 4) is 0 Å². The van der Waals surface area contributed by atoms with Crippen molar-refractivity contribution in [2.75, 3.05) is 6.54 Å². The molecule has 2 amide bonds. The highest BCUT2D eigenvalue weighted by Crippen LogP contribution is 2.61. The third-order valence-corrected chi connectivity index (χ3v) is 8.16. The standard InChI is InChI=1S/C24H32N2O2/c1-16(24-11-18-7-19(12-24)9-20(8-18)13-24)25-23(28)21-10-22(27)26(15-21)14-17-5-3-2-4-6-17/h2-6,16,18-21H,7-15H2,1H3,(H,25,28). The summed E-state index contributed by atoms with van der Waals surface area (Å²) >= 11 is 0. The SMILES string of the molecule is CC(NC(=O)C1CC(=O)N(Cc2ccccc2)C1)C12CC3CC(CC(C3)C1)C2. The van der Waals surface area contributed by atoms with Crippen LogP contribution in [0, 0.1) is 29.1 Å². The van der Waals surface area contributed by atoms with Gasteiger partial charge in [0, 0.05) is 25.6 Å². The number of hydrogen-bond donors (Lipinski definition) is 1. The molecule has 4 saturated carbocycles. The first-order valence-corrected chi connectivity index (χ1v) is 11.1. The largest absolute Gasteiger partial charge is 0.353 e. The van der Waals surface area contributed by atoms with Gasteiger partial charge in [0.25, 0.3) is 0 Å². The summed E-state index contributed by atoms with van der Waals surface area (Å²) in [4.78, 5) is 27.3. The van der Waals surface area contributed by atoms with Gasteiger partial charge < -0.3 is 10.2 Å².